The van der Waals surface area contributed by atoms with Crippen molar-refractivity contribution in [1.29, 1.82) is 0 Å². The van der Waals surface area contributed by atoms with Gasteiger partial charge in [-0.25, -0.2) is 0 Å². The van der Waals surface area contributed by atoms with E-state index in [1.807, 2.05) is 18.3 Å². The van der Waals surface area contributed by atoms with Gasteiger partial charge in [0.1, 0.15) is 5.82 Å². The summed E-state index contributed by atoms with van der Waals surface area (Å²) in [6, 6.07) is 4.03. The monoisotopic (exact) mass is 294 g/mol. The lowest BCUT2D eigenvalue weighted by molar-refractivity contribution is 0.352. The summed E-state index contributed by atoms with van der Waals surface area (Å²) in [5.74, 6) is 1.61. The van der Waals surface area contributed by atoms with Crippen LogP contribution < -0.4 is 0 Å². The van der Waals surface area contributed by atoms with Crippen LogP contribution in [0.2, 0.25) is 0 Å². The molecule has 1 aliphatic heterocycles. The fourth-order valence-corrected chi connectivity index (χ4v) is 2.93. The molecule has 1 unspecified atom stereocenters. The van der Waals surface area contributed by atoms with Crippen LogP contribution in [0.25, 0.3) is 5.65 Å². The first kappa shape index (κ1) is 11.2. The Kier molecular flexibility index (Phi) is 2.88. The van der Waals surface area contributed by atoms with E-state index < -0.39 is 0 Å². The molecule has 1 atom stereocenters. The summed E-state index contributed by atoms with van der Waals surface area (Å²) < 4.78 is 3.11. The minimum absolute atomic E-state index is 0.513. The number of halogens is 1. The van der Waals surface area contributed by atoms with Gasteiger partial charge >= 0.3 is 0 Å². The van der Waals surface area contributed by atoms with Gasteiger partial charge in [0.15, 0.2) is 5.65 Å². The summed E-state index contributed by atoms with van der Waals surface area (Å²) in [5, 5.41) is 8.62. The zero-order valence-electron chi connectivity index (χ0n) is 9.80. The van der Waals surface area contributed by atoms with Crippen LogP contribution in [0.5, 0.6) is 0 Å². The van der Waals surface area contributed by atoms with Crippen LogP contribution in [-0.2, 0) is 0 Å². The molecule has 0 aliphatic carbocycles. The highest BCUT2D eigenvalue weighted by atomic mass is 79.9. The maximum absolute atomic E-state index is 4.36. The largest absolute Gasteiger partial charge is 0.303 e. The van der Waals surface area contributed by atoms with E-state index in [0.717, 1.165) is 29.0 Å². The molecule has 5 heteroatoms. The van der Waals surface area contributed by atoms with Gasteiger partial charge < -0.3 is 4.90 Å². The van der Waals surface area contributed by atoms with Crippen molar-refractivity contribution in [2.45, 2.75) is 19.3 Å². The number of nitrogens with zero attached hydrogens (tertiary/aromatic N) is 4. The van der Waals surface area contributed by atoms with Gasteiger partial charge in [0.05, 0.1) is 4.47 Å². The van der Waals surface area contributed by atoms with Crippen molar-refractivity contribution >= 4 is 21.6 Å². The third-order valence-corrected chi connectivity index (χ3v) is 4.12. The van der Waals surface area contributed by atoms with E-state index in [1.165, 1.54) is 13.0 Å². The van der Waals surface area contributed by atoms with Crippen molar-refractivity contribution in [2.75, 3.05) is 19.6 Å². The Hall–Kier alpha value is -0.940. The predicted octanol–water partition coefficient (Wildman–Crippen LogP) is 2.30. The van der Waals surface area contributed by atoms with Crippen LogP contribution >= 0.6 is 15.9 Å². The first-order chi connectivity index (χ1) is 8.29. The fourth-order valence-electron chi connectivity index (χ4n) is 2.51. The number of hydrogen-bond donors (Lipinski definition) is 0. The highest BCUT2D eigenvalue weighted by Crippen LogP contribution is 2.27. The molecule has 3 rings (SSSR count). The molecule has 2 aromatic rings. The number of hydrogen-bond acceptors (Lipinski definition) is 3. The van der Waals surface area contributed by atoms with Crippen LogP contribution in [0.3, 0.4) is 0 Å². The predicted molar refractivity (Wildman–Crippen MR) is 70.2 cm³/mol. The van der Waals surface area contributed by atoms with Crippen molar-refractivity contribution in [3.63, 3.8) is 0 Å². The maximum Gasteiger partial charge on any atom is 0.175 e. The SMILES string of the molecule is CCN1CCC(c2nnc3c(Br)cccn23)C1. The summed E-state index contributed by atoms with van der Waals surface area (Å²) in [6.45, 7) is 5.60. The van der Waals surface area contributed by atoms with Crippen molar-refractivity contribution < 1.29 is 0 Å². The van der Waals surface area contributed by atoms with Crippen molar-refractivity contribution in [3.8, 4) is 0 Å². The Morgan fingerprint density at radius 3 is 3.12 bits per heavy atom. The summed E-state index contributed by atoms with van der Waals surface area (Å²) in [5.41, 5.74) is 0.914. The quantitative estimate of drug-likeness (QED) is 0.852. The average molecular weight is 295 g/mol. The molecular formula is C12H15BrN4. The molecule has 0 amide bonds. The lowest BCUT2D eigenvalue weighted by Crippen LogP contribution is -2.19. The molecule has 0 radical (unpaired) electrons. The topological polar surface area (TPSA) is 33.4 Å². The van der Waals surface area contributed by atoms with E-state index in [4.69, 9.17) is 0 Å². The Labute approximate surface area is 109 Å². The van der Waals surface area contributed by atoms with Gasteiger partial charge in [-0.15, -0.1) is 10.2 Å². The van der Waals surface area contributed by atoms with Gasteiger partial charge in [0.2, 0.25) is 0 Å². The van der Waals surface area contributed by atoms with Crippen molar-refractivity contribution in [1.82, 2.24) is 19.5 Å². The molecule has 4 nitrogen and oxygen atoms in total. The minimum Gasteiger partial charge on any atom is -0.303 e. The van der Waals surface area contributed by atoms with Crippen molar-refractivity contribution in [3.05, 3.63) is 28.6 Å². The van der Waals surface area contributed by atoms with Gasteiger partial charge in [-0.05, 0) is 47.6 Å². The van der Waals surface area contributed by atoms with Gasteiger partial charge in [-0.1, -0.05) is 6.92 Å². The standard InChI is InChI=1S/C12H15BrN4/c1-2-16-7-5-9(8-16)11-14-15-12-10(13)4-3-6-17(11)12/h3-4,6,9H,2,5,7-8H2,1H3. The Morgan fingerprint density at radius 1 is 1.47 bits per heavy atom. The summed E-state index contributed by atoms with van der Waals surface area (Å²) in [6.07, 6.45) is 3.23. The maximum atomic E-state index is 4.36. The van der Waals surface area contributed by atoms with Gasteiger partial charge in [0.25, 0.3) is 0 Å². The summed E-state index contributed by atoms with van der Waals surface area (Å²) in [7, 11) is 0. The fraction of sp³-hybridized carbons (Fsp3) is 0.500. The highest BCUT2D eigenvalue weighted by molar-refractivity contribution is 9.10. The molecule has 0 aromatic carbocycles. The van der Waals surface area contributed by atoms with E-state index in [1.54, 1.807) is 0 Å². The Morgan fingerprint density at radius 2 is 2.35 bits per heavy atom. The average Bonchev–Trinajstić information content (AvgIpc) is 2.94. The molecular weight excluding hydrogens is 280 g/mol. The first-order valence-corrected chi connectivity index (χ1v) is 6.80. The normalized spacial score (nSPS) is 21.4. The first-order valence-electron chi connectivity index (χ1n) is 6.01. The number of likely N-dealkylation sites (N-methyl/N-ethyl adjacent to an activating group) is 1. The second-order valence-corrected chi connectivity index (χ2v) is 5.34. The van der Waals surface area contributed by atoms with Crippen LogP contribution in [-0.4, -0.2) is 39.1 Å². The molecule has 2 aromatic heterocycles. The number of rotatable bonds is 2. The highest BCUT2D eigenvalue weighted by Gasteiger charge is 2.26. The molecule has 17 heavy (non-hydrogen) atoms. The van der Waals surface area contributed by atoms with Gasteiger partial charge in [-0.2, -0.15) is 0 Å². The molecule has 1 fully saturated rings. The number of pyridine rings is 1. The molecule has 3 heterocycles. The lowest BCUT2D eigenvalue weighted by Gasteiger charge is -2.11. The van der Waals surface area contributed by atoms with Crippen LogP contribution in [0.1, 0.15) is 25.1 Å². The summed E-state index contributed by atoms with van der Waals surface area (Å²) in [4.78, 5) is 2.46. The van der Waals surface area contributed by atoms with E-state index >= 15 is 0 Å². The molecule has 0 bridgehead atoms. The Balaban J connectivity index is 1.99. The second kappa shape index (κ2) is 4.38. The number of fused-ring (bicyclic) bond motifs is 1. The van der Waals surface area contributed by atoms with Gasteiger partial charge in [-0.3, -0.25) is 4.40 Å². The second-order valence-electron chi connectivity index (χ2n) is 4.49. The Bertz CT molecular complexity index is 536. The number of aromatic nitrogens is 3. The van der Waals surface area contributed by atoms with Crippen LogP contribution in [0, 0.1) is 0 Å². The van der Waals surface area contributed by atoms with E-state index in [2.05, 4.69) is 42.4 Å². The van der Waals surface area contributed by atoms with E-state index in [-0.39, 0.29) is 0 Å². The smallest absolute Gasteiger partial charge is 0.175 e. The lowest BCUT2D eigenvalue weighted by atomic mass is 10.1. The molecule has 0 N–H and O–H groups in total. The molecule has 1 saturated heterocycles. The van der Waals surface area contributed by atoms with E-state index in [0.29, 0.717) is 5.92 Å². The van der Waals surface area contributed by atoms with Crippen LogP contribution in [0.15, 0.2) is 22.8 Å². The van der Waals surface area contributed by atoms with Crippen molar-refractivity contribution in [2.24, 2.45) is 0 Å². The van der Waals surface area contributed by atoms with E-state index in [9.17, 15) is 0 Å². The zero-order chi connectivity index (χ0) is 11.8. The minimum atomic E-state index is 0.513. The molecule has 1 aliphatic rings. The summed E-state index contributed by atoms with van der Waals surface area (Å²) >= 11 is 3.51. The van der Waals surface area contributed by atoms with Gasteiger partial charge in [0, 0.05) is 18.7 Å². The molecule has 90 valence electrons. The zero-order valence-corrected chi connectivity index (χ0v) is 11.4. The molecule has 0 spiro atoms. The third-order valence-electron chi connectivity index (χ3n) is 3.50. The molecule has 0 saturated carbocycles. The van der Waals surface area contributed by atoms with Crippen LogP contribution in [0.4, 0.5) is 0 Å². The number of likely N-dealkylation sites (tertiary alicyclic amines) is 1. The third kappa shape index (κ3) is 1.87.